The Balaban J connectivity index is 2.42. The molecule has 1 aromatic rings. The Bertz CT molecular complexity index is 548. The van der Waals surface area contributed by atoms with Gasteiger partial charge in [0, 0.05) is 0 Å². The molecule has 0 saturated heterocycles. The van der Waals surface area contributed by atoms with Gasteiger partial charge in [-0.05, 0) is 43.4 Å². The highest BCUT2D eigenvalue weighted by Gasteiger charge is 2.50. The van der Waals surface area contributed by atoms with Crippen molar-refractivity contribution in [2.24, 2.45) is 0 Å². The summed E-state index contributed by atoms with van der Waals surface area (Å²) >= 11 is 0. The van der Waals surface area contributed by atoms with Crippen molar-refractivity contribution in [1.29, 1.82) is 5.26 Å². The van der Waals surface area contributed by atoms with Gasteiger partial charge in [-0.25, -0.2) is 8.42 Å². The number of rotatable bonds is 3. The van der Waals surface area contributed by atoms with E-state index in [1.807, 2.05) is 25.1 Å². The van der Waals surface area contributed by atoms with Gasteiger partial charge in [0.15, 0.2) is 14.6 Å². The van der Waals surface area contributed by atoms with E-state index in [1.165, 1.54) is 0 Å². The summed E-state index contributed by atoms with van der Waals surface area (Å²) in [5, 5.41) is 9.11. The van der Waals surface area contributed by atoms with Gasteiger partial charge in [-0.3, -0.25) is 0 Å². The van der Waals surface area contributed by atoms with Crippen LogP contribution in [0.15, 0.2) is 29.2 Å². The summed E-state index contributed by atoms with van der Waals surface area (Å²) in [6, 6.07) is 8.86. The second kappa shape index (κ2) is 4.15. The second-order valence-electron chi connectivity index (χ2n) is 4.46. The molecule has 1 fully saturated rings. The molecule has 0 aliphatic heterocycles. The average Bonchev–Trinajstić information content (AvgIpc) is 2.28. The maximum atomic E-state index is 12.3. The number of aryl methyl sites for hydroxylation is 1. The zero-order valence-electron chi connectivity index (χ0n) is 9.81. The van der Waals surface area contributed by atoms with Crippen LogP contribution in [0.1, 0.15) is 31.7 Å². The molecule has 0 unspecified atom stereocenters. The summed E-state index contributed by atoms with van der Waals surface area (Å²) in [5.41, 5.74) is 1.10. The first-order valence-corrected chi connectivity index (χ1v) is 7.29. The number of hydrogen-bond acceptors (Lipinski definition) is 3. The zero-order valence-corrected chi connectivity index (χ0v) is 10.6. The molecule has 2 rings (SSSR count). The molecule has 0 atom stereocenters. The van der Waals surface area contributed by atoms with Gasteiger partial charge < -0.3 is 0 Å². The summed E-state index contributed by atoms with van der Waals surface area (Å²) in [4.78, 5) is 0.274. The lowest BCUT2D eigenvalue weighted by molar-refractivity contribution is 0.406. The highest BCUT2D eigenvalue weighted by atomic mass is 32.2. The molecule has 1 saturated carbocycles. The fraction of sp³-hybridized carbons (Fsp3) is 0.462. The third-order valence-corrected chi connectivity index (χ3v) is 5.94. The van der Waals surface area contributed by atoms with Crippen molar-refractivity contribution in [2.75, 3.05) is 0 Å². The first kappa shape index (κ1) is 12.1. The Morgan fingerprint density at radius 1 is 1.29 bits per heavy atom. The van der Waals surface area contributed by atoms with Crippen molar-refractivity contribution in [1.82, 2.24) is 0 Å². The van der Waals surface area contributed by atoms with E-state index in [-0.39, 0.29) is 4.90 Å². The minimum atomic E-state index is -3.50. The molecule has 0 N–H and O–H groups in total. The van der Waals surface area contributed by atoms with E-state index in [0.717, 1.165) is 18.4 Å². The minimum absolute atomic E-state index is 0.274. The summed E-state index contributed by atoms with van der Waals surface area (Å²) in [6.45, 7) is 2.02. The van der Waals surface area contributed by atoms with Crippen LogP contribution in [0.2, 0.25) is 0 Å². The van der Waals surface area contributed by atoms with Gasteiger partial charge in [0.05, 0.1) is 11.0 Å². The van der Waals surface area contributed by atoms with E-state index in [4.69, 9.17) is 5.26 Å². The summed E-state index contributed by atoms with van der Waals surface area (Å²) in [5.74, 6) is 0. The Morgan fingerprint density at radius 3 is 2.24 bits per heavy atom. The highest BCUT2D eigenvalue weighted by molar-refractivity contribution is 7.93. The third-order valence-electron chi connectivity index (χ3n) is 3.52. The molecule has 3 nitrogen and oxygen atoms in total. The van der Waals surface area contributed by atoms with Crippen LogP contribution in [0.3, 0.4) is 0 Å². The molecule has 0 spiro atoms. The predicted molar refractivity (Wildman–Crippen MR) is 65.2 cm³/mol. The lowest BCUT2D eigenvalue weighted by atomic mass is 9.86. The number of nitriles is 1. The molecule has 0 amide bonds. The van der Waals surface area contributed by atoms with Gasteiger partial charge >= 0.3 is 0 Å². The number of sulfone groups is 1. The largest absolute Gasteiger partial charge is 0.222 e. The van der Waals surface area contributed by atoms with E-state index in [1.54, 1.807) is 12.1 Å². The van der Waals surface area contributed by atoms with Gasteiger partial charge in [0.2, 0.25) is 0 Å². The third kappa shape index (κ3) is 1.75. The number of hydrogen-bond donors (Lipinski definition) is 0. The topological polar surface area (TPSA) is 57.9 Å². The smallest absolute Gasteiger partial charge is 0.197 e. The molecule has 17 heavy (non-hydrogen) atoms. The maximum Gasteiger partial charge on any atom is 0.197 e. The van der Waals surface area contributed by atoms with E-state index >= 15 is 0 Å². The molecule has 4 heteroatoms. The molecule has 0 bridgehead atoms. The lowest BCUT2D eigenvalue weighted by Gasteiger charge is -2.34. The van der Waals surface area contributed by atoms with Crippen molar-refractivity contribution < 1.29 is 8.42 Å². The van der Waals surface area contributed by atoms with Crippen LogP contribution in [0.5, 0.6) is 0 Å². The van der Waals surface area contributed by atoms with Crippen molar-refractivity contribution in [3.8, 4) is 6.07 Å². The average molecular weight is 249 g/mol. The molecule has 1 aromatic carbocycles. The van der Waals surface area contributed by atoms with Crippen LogP contribution in [-0.4, -0.2) is 13.2 Å². The Labute approximate surface area is 102 Å². The van der Waals surface area contributed by atoms with Crippen molar-refractivity contribution in [3.63, 3.8) is 0 Å². The quantitative estimate of drug-likeness (QED) is 0.826. The first-order chi connectivity index (χ1) is 8.05. The van der Waals surface area contributed by atoms with Crippen molar-refractivity contribution >= 4 is 9.84 Å². The van der Waals surface area contributed by atoms with Crippen LogP contribution >= 0.6 is 0 Å². The van der Waals surface area contributed by atoms with Crippen molar-refractivity contribution in [2.45, 2.75) is 42.2 Å². The van der Waals surface area contributed by atoms with E-state index in [9.17, 15) is 8.42 Å². The molecule has 0 heterocycles. The monoisotopic (exact) mass is 249 g/mol. The first-order valence-electron chi connectivity index (χ1n) is 5.80. The highest BCUT2D eigenvalue weighted by Crippen LogP contribution is 2.42. The van der Waals surface area contributed by atoms with E-state index in [2.05, 4.69) is 0 Å². The van der Waals surface area contributed by atoms with Gasteiger partial charge in [-0.2, -0.15) is 5.26 Å². The molecule has 0 radical (unpaired) electrons. The molecule has 1 aliphatic carbocycles. The van der Waals surface area contributed by atoms with Crippen molar-refractivity contribution in [3.05, 3.63) is 29.8 Å². The predicted octanol–water partition coefficient (Wildman–Crippen LogP) is 2.47. The molecular formula is C13H15NO2S. The fourth-order valence-electron chi connectivity index (χ4n) is 2.07. The van der Waals surface area contributed by atoms with Crippen LogP contribution in [0.4, 0.5) is 0 Å². The Hall–Kier alpha value is -1.34. The van der Waals surface area contributed by atoms with E-state index < -0.39 is 14.6 Å². The lowest BCUT2D eigenvalue weighted by Crippen LogP contribution is -2.43. The van der Waals surface area contributed by atoms with Crippen LogP contribution in [0.25, 0.3) is 0 Å². The maximum absolute atomic E-state index is 12.3. The fourth-order valence-corrected chi connectivity index (χ4v) is 3.96. The molecule has 90 valence electrons. The number of benzene rings is 1. The zero-order chi connectivity index (χ0) is 12.5. The Kier molecular flexibility index (Phi) is 2.96. The standard InChI is InChI=1S/C13H15NO2S/c1-2-11-4-6-12(7-5-11)17(15,16)13(10-14)8-3-9-13/h4-7H,2-3,8-9H2,1H3. The molecule has 0 aromatic heterocycles. The minimum Gasteiger partial charge on any atom is -0.222 e. The normalized spacial score (nSPS) is 18.1. The SMILES string of the molecule is CCc1ccc(S(=O)(=O)C2(C#N)CCC2)cc1. The summed E-state index contributed by atoms with van der Waals surface area (Å²) in [6.07, 6.45) is 2.62. The van der Waals surface area contributed by atoms with Gasteiger partial charge in [-0.15, -0.1) is 0 Å². The van der Waals surface area contributed by atoms with Gasteiger partial charge in [0.25, 0.3) is 0 Å². The summed E-state index contributed by atoms with van der Waals surface area (Å²) in [7, 11) is -3.50. The van der Waals surface area contributed by atoms with Gasteiger partial charge in [-0.1, -0.05) is 19.1 Å². The summed E-state index contributed by atoms with van der Waals surface area (Å²) < 4.78 is 23.5. The number of nitrogens with zero attached hydrogens (tertiary/aromatic N) is 1. The molecular weight excluding hydrogens is 234 g/mol. The van der Waals surface area contributed by atoms with E-state index in [0.29, 0.717) is 12.8 Å². The molecule has 1 aliphatic rings. The second-order valence-corrected chi connectivity index (χ2v) is 6.72. The van der Waals surface area contributed by atoms with Gasteiger partial charge in [0.1, 0.15) is 0 Å². The van der Waals surface area contributed by atoms with Crippen LogP contribution in [-0.2, 0) is 16.3 Å². The van der Waals surface area contributed by atoms with Crippen LogP contribution < -0.4 is 0 Å². The Morgan fingerprint density at radius 2 is 1.88 bits per heavy atom. The van der Waals surface area contributed by atoms with Crippen LogP contribution in [0, 0.1) is 11.3 Å².